The molecule has 7 heteroatoms. The summed E-state index contributed by atoms with van der Waals surface area (Å²) in [5, 5.41) is 0. The summed E-state index contributed by atoms with van der Waals surface area (Å²) in [4.78, 5) is 25.7. The number of anilines is 1. The summed E-state index contributed by atoms with van der Waals surface area (Å²) >= 11 is 0. The van der Waals surface area contributed by atoms with E-state index in [1.807, 2.05) is 30.3 Å². The second kappa shape index (κ2) is 6.58. The van der Waals surface area contributed by atoms with Gasteiger partial charge in [-0.25, -0.2) is 0 Å². The van der Waals surface area contributed by atoms with Crippen LogP contribution in [0.3, 0.4) is 0 Å². The third-order valence-corrected chi connectivity index (χ3v) is 3.89. The first-order chi connectivity index (χ1) is 11.8. The van der Waals surface area contributed by atoms with Gasteiger partial charge in [-0.2, -0.15) is 0 Å². The molecule has 1 aliphatic rings. The first kappa shape index (κ1) is 17.0. The van der Waals surface area contributed by atoms with Crippen LogP contribution in [0.5, 0.6) is 5.75 Å². The first-order valence-electron chi connectivity index (χ1n) is 7.60. The number of rotatable bonds is 4. The molecule has 3 rings (SSSR count). The molecule has 1 atom stereocenters. The Labute approximate surface area is 141 Å². The summed E-state index contributed by atoms with van der Waals surface area (Å²) in [6.45, 7) is 0. The van der Waals surface area contributed by atoms with Crippen LogP contribution in [-0.4, -0.2) is 18.2 Å². The standard InChI is InChI=1S/C18H14F3NO3/c19-18(20,21)25-15-8-6-14(7-9-15)22-16(23)11-13(17(22)24)10-12-4-2-1-3-5-12/h1-9,13H,10-11H2. The van der Waals surface area contributed by atoms with Gasteiger partial charge in [0.25, 0.3) is 0 Å². The van der Waals surface area contributed by atoms with Crippen molar-refractivity contribution in [3.05, 3.63) is 60.2 Å². The van der Waals surface area contributed by atoms with Gasteiger partial charge in [-0.05, 0) is 36.2 Å². The number of ether oxygens (including phenoxy) is 1. The van der Waals surface area contributed by atoms with Crippen LogP contribution in [-0.2, 0) is 16.0 Å². The minimum absolute atomic E-state index is 0.0779. The van der Waals surface area contributed by atoms with Crippen molar-refractivity contribution in [1.29, 1.82) is 0 Å². The molecule has 130 valence electrons. The summed E-state index contributed by atoms with van der Waals surface area (Å²) in [5.41, 5.74) is 1.18. The van der Waals surface area contributed by atoms with Gasteiger partial charge in [0.05, 0.1) is 11.6 Å². The highest BCUT2D eigenvalue weighted by molar-refractivity contribution is 6.21. The van der Waals surface area contributed by atoms with Crippen LogP contribution in [0.15, 0.2) is 54.6 Å². The van der Waals surface area contributed by atoms with E-state index in [2.05, 4.69) is 4.74 Å². The molecule has 1 saturated heterocycles. The quantitative estimate of drug-likeness (QED) is 0.791. The Hall–Kier alpha value is -2.83. The predicted octanol–water partition coefficient (Wildman–Crippen LogP) is 3.71. The van der Waals surface area contributed by atoms with Crippen molar-refractivity contribution in [2.45, 2.75) is 19.2 Å². The monoisotopic (exact) mass is 349 g/mol. The van der Waals surface area contributed by atoms with Gasteiger partial charge in [0.2, 0.25) is 11.8 Å². The molecule has 1 fully saturated rings. The fraction of sp³-hybridized carbons (Fsp3) is 0.222. The Balaban J connectivity index is 1.74. The van der Waals surface area contributed by atoms with Crippen molar-refractivity contribution in [3.8, 4) is 5.75 Å². The van der Waals surface area contributed by atoms with Gasteiger partial charge in [0, 0.05) is 6.42 Å². The van der Waals surface area contributed by atoms with E-state index in [-0.39, 0.29) is 23.9 Å². The third-order valence-electron chi connectivity index (χ3n) is 3.89. The molecule has 2 aromatic carbocycles. The molecule has 0 bridgehead atoms. The van der Waals surface area contributed by atoms with Gasteiger partial charge >= 0.3 is 6.36 Å². The summed E-state index contributed by atoms with van der Waals surface area (Å²) in [7, 11) is 0. The van der Waals surface area contributed by atoms with Gasteiger partial charge < -0.3 is 4.74 Å². The highest BCUT2D eigenvalue weighted by atomic mass is 19.4. The molecule has 1 heterocycles. The minimum Gasteiger partial charge on any atom is -0.406 e. The van der Waals surface area contributed by atoms with Crippen molar-refractivity contribution in [1.82, 2.24) is 0 Å². The lowest BCUT2D eigenvalue weighted by molar-refractivity contribution is -0.274. The van der Waals surface area contributed by atoms with Crippen LogP contribution in [0.4, 0.5) is 18.9 Å². The van der Waals surface area contributed by atoms with E-state index in [0.29, 0.717) is 6.42 Å². The molecule has 0 aliphatic carbocycles. The average Bonchev–Trinajstić information content (AvgIpc) is 2.82. The van der Waals surface area contributed by atoms with Crippen LogP contribution in [0, 0.1) is 5.92 Å². The van der Waals surface area contributed by atoms with Gasteiger partial charge in [-0.15, -0.1) is 13.2 Å². The predicted molar refractivity (Wildman–Crippen MR) is 83.9 cm³/mol. The molecule has 0 saturated carbocycles. The minimum atomic E-state index is -4.79. The smallest absolute Gasteiger partial charge is 0.406 e. The number of carbonyl (C=O) groups excluding carboxylic acids is 2. The highest BCUT2D eigenvalue weighted by Crippen LogP contribution is 2.31. The first-order valence-corrected chi connectivity index (χ1v) is 7.60. The zero-order valence-electron chi connectivity index (χ0n) is 13.0. The number of imide groups is 1. The molecule has 0 spiro atoms. The molecule has 1 unspecified atom stereocenters. The van der Waals surface area contributed by atoms with Gasteiger partial charge in [-0.1, -0.05) is 30.3 Å². The molecule has 4 nitrogen and oxygen atoms in total. The van der Waals surface area contributed by atoms with Crippen molar-refractivity contribution in [3.63, 3.8) is 0 Å². The molecule has 0 radical (unpaired) electrons. The molecule has 2 aromatic rings. The van der Waals surface area contributed by atoms with E-state index in [4.69, 9.17) is 0 Å². The summed E-state index contributed by atoms with van der Waals surface area (Å²) in [6, 6.07) is 14.0. The number of halogens is 3. The molecule has 1 aliphatic heterocycles. The van der Waals surface area contributed by atoms with E-state index in [0.717, 1.165) is 22.6 Å². The zero-order valence-corrected chi connectivity index (χ0v) is 13.0. The van der Waals surface area contributed by atoms with Crippen LogP contribution < -0.4 is 9.64 Å². The molecule has 0 N–H and O–H groups in total. The number of hydrogen-bond acceptors (Lipinski definition) is 3. The van der Waals surface area contributed by atoms with E-state index in [1.165, 1.54) is 12.1 Å². The van der Waals surface area contributed by atoms with Crippen molar-refractivity contribution < 1.29 is 27.5 Å². The van der Waals surface area contributed by atoms with Gasteiger partial charge in [0.15, 0.2) is 0 Å². The van der Waals surface area contributed by atoms with E-state index >= 15 is 0 Å². The molecule has 25 heavy (non-hydrogen) atoms. The SMILES string of the molecule is O=C1CC(Cc2ccccc2)C(=O)N1c1ccc(OC(F)(F)F)cc1. The molecule has 0 aromatic heterocycles. The summed E-state index contributed by atoms with van der Waals surface area (Å²) in [5.74, 6) is -1.59. The Kier molecular flexibility index (Phi) is 4.48. The third kappa shape index (κ3) is 3.99. The number of hydrogen-bond donors (Lipinski definition) is 0. The van der Waals surface area contributed by atoms with Crippen LogP contribution in [0.25, 0.3) is 0 Å². The number of nitrogens with zero attached hydrogens (tertiary/aromatic N) is 1. The molecular weight excluding hydrogens is 335 g/mol. The Morgan fingerprint density at radius 1 is 1.00 bits per heavy atom. The topological polar surface area (TPSA) is 46.6 Å². The number of benzene rings is 2. The van der Waals surface area contributed by atoms with E-state index in [1.54, 1.807) is 0 Å². The molecular formula is C18H14F3NO3. The lowest BCUT2D eigenvalue weighted by Crippen LogP contribution is -2.30. The molecule has 2 amide bonds. The highest BCUT2D eigenvalue weighted by Gasteiger charge is 2.39. The maximum absolute atomic E-state index is 12.5. The Morgan fingerprint density at radius 2 is 1.64 bits per heavy atom. The number of alkyl halides is 3. The lowest BCUT2D eigenvalue weighted by Gasteiger charge is -2.16. The second-order valence-electron chi connectivity index (χ2n) is 5.70. The normalized spacial score (nSPS) is 17.9. The Bertz CT molecular complexity index is 772. The lowest BCUT2D eigenvalue weighted by atomic mass is 9.98. The van der Waals surface area contributed by atoms with Crippen LogP contribution in [0.1, 0.15) is 12.0 Å². The second-order valence-corrected chi connectivity index (χ2v) is 5.70. The summed E-state index contributed by atoms with van der Waals surface area (Å²) < 4.78 is 40.3. The maximum Gasteiger partial charge on any atom is 0.573 e. The average molecular weight is 349 g/mol. The Morgan fingerprint density at radius 3 is 2.24 bits per heavy atom. The van der Waals surface area contributed by atoms with E-state index < -0.39 is 18.0 Å². The number of amides is 2. The van der Waals surface area contributed by atoms with Crippen molar-refractivity contribution in [2.24, 2.45) is 5.92 Å². The fourth-order valence-electron chi connectivity index (χ4n) is 2.82. The van der Waals surface area contributed by atoms with Crippen molar-refractivity contribution >= 4 is 17.5 Å². The fourth-order valence-corrected chi connectivity index (χ4v) is 2.82. The van der Waals surface area contributed by atoms with Gasteiger partial charge in [0.1, 0.15) is 5.75 Å². The van der Waals surface area contributed by atoms with Crippen LogP contribution >= 0.6 is 0 Å². The zero-order chi connectivity index (χ0) is 18.0. The maximum atomic E-state index is 12.5. The van der Waals surface area contributed by atoms with E-state index in [9.17, 15) is 22.8 Å². The van der Waals surface area contributed by atoms with Crippen molar-refractivity contribution in [2.75, 3.05) is 4.90 Å². The van der Waals surface area contributed by atoms with Gasteiger partial charge in [-0.3, -0.25) is 14.5 Å². The van der Waals surface area contributed by atoms with Crippen LogP contribution in [0.2, 0.25) is 0 Å². The number of carbonyl (C=O) groups is 2. The largest absolute Gasteiger partial charge is 0.573 e. The summed E-state index contributed by atoms with van der Waals surface area (Å²) in [6.07, 6.45) is -4.27.